The van der Waals surface area contributed by atoms with Crippen molar-refractivity contribution < 1.29 is 9.53 Å². The number of thiophene rings is 1. The molecule has 1 aromatic rings. The highest BCUT2D eigenvalue weighted by atomic mass is 32.1. The van der Waals surface area contributed by atoms with Gasteiger partial charge in [-0.3, -0.25) is 9.89 Å². The fourth-order valence-corrected chi connectivity index (χ4v) is 4.06. The first-order valence-corrected chi connectivity index (χ1v) is 11.1. The highest BCUT2D eigenvalue weighted by molar-refractivity contribution is 7.10. The second kappa shape index (κ2) is 9.80. The normalized spacial score (nSPS) is 16.7. The number of amides is 1. The molecule has 3 N–H and O–H groups in total. The Bertz CT molecular complexity index is 708. The number of hydrogen-bond donors (Lipinski definition) is 3. The Morgan fingerprint density at radius 1 is 1.31 bits per heavy atom. The van der Waals surface area contributed by atoms with Crippen LogP contribution in [0.2, 0.25) is 0 Å². The van der Waals surface area contributed by atoms with E-state index in [1.54, 1.807) is 7.05 Å². The quantitative estimate of drug-likeness (QED) is 0.484. The molecule has 1 aliphatic rings. The first-order chi connectivity index (χ1) is 13.5. The standard InChI is InChI=1S/C21H37N5O2S/c1-15(26-10-8-17-16(13-26)9-11-29-17)12-23-18(22-7)24-14-21(5,6)25-19(27)28-20(2,3)4/h9,11,15H,8,10,12-14H2,1-7H3,(H,25,27)(H2,22,23,24). The number of rotatable bonds is 6. The SMILES string of the molecule is CN=C(NCC(C)N1CCc2sccc2C1)NCC(C)(C)NC(=O)OC(C)(C)C. The van der Waals surface area contributed by atoms with Crippen LogP contribution in [0.3, 0.4) is 0 Å². The number of nitrogens with zero attached hydrogens (tertiary/aromatic N) is 2. The maximum Gasteiger partial charge on any atom is 0.408 e. The molecule has 2 rings (SSSR count). The van der Waals surface area contributed by atoms with Gasteiger partial charge in [-0.05, 0) is 65.0 Å². The molecule has 164 valence electrons. The van der Waals surface area contributed by atoms with Crippen LogP contribution in [0, 0.1) is 0 Å². The van der Waals surface area contributed by atoms with Crippen molar-refractivity contribution >= 4 is 23.4 Å². The van der Waals surface area contributed by atoms with Gasteiger partial charge >= 0.3 is 6.09 Å². The Hall–Kier alpha value is -1.80. The second-order valence-electron chi connectivity index (χ2n) is 9.26. The lowest BCUT2D eigenvalue weighted by Crippen LogP contribution is -2.55. The minimum absolute atomic E-state index is 0.398. The summed E-state index contributed by atoms with van der Waals surface area (Å²) in [5.74, 6) is 0.726. The highest BCUT2D eigenvalue weighted by Crippen LogP contribution is 2.24. The van der Waals surface area contributed by atoms with Crippen molar-refractivity contribution in [2.45, 2.75) is 71.7 Å². The van der Waals surface area contributed by atoms with Crippen LogP contribution in [0.25, 0.3) is 0 Å². The van der Waals surface area contributed by atoms with Crippen LogP contribution in [-0.4, -0.2) is 60.8 Å². The van der Waals surface area contributed by atoms with Crippen molar-refractivity contribution in [2.75, 3.05) is 26.7 Å². The van der Waals surface area contributed by atoms with E-state index in [1.807, 2.05) is 46.0 Å². The topological polar surface area (TPSA) is 78.0 Å². The van der Waals surface area contributed by atoms with Gasteiger partial charge in [-0.25, -0.2) is 4.79 Å². The Kier molecular flexibility index (Phi) is 7.94. The van der Waals surface area contributed by atoms with Gasteiger partial charge in [0.1, 0.15) is 5.60 Å². The molecule has 0 fully saturated rings. The second-order valence-corrected chi connectivity index (χ2v) is 10.3. The molecule has 0 aliphatic carbocycles. The summed E-state index contributed by atoms with van der Waals surface area (Å²) in [5, 5.41) is 11.8. The fourth-order valence-electron chi connectivity index (χ4n) is 3.17. The van der Waals surface area contributed by atoms with E-state index in [-0.39, 0.29) is 0 Å². The third-order valence-corrected chi connectivity index (χ3v) is 5.81. The maximum absolute atomic E-state index is 12.0. The molecule has 1 unspecified atom stereocenters. The zero-order chi connectivity index (χ0) is 21.7. The van der Waals surface area contributed by atoms with E-state index in [4.69, 9.17) is 4.74 Å². The van der Waals surface area contributed by atoms with Crippen LogP contribution < -0.4 is 16.0 Å². The predicted molar refractivity (Wildman–Crippen MR) is 121 cm³/mol. The van der Waals surface area contributed by atoms with Gasteiger partial charge in [0.2, 0.25) is 0 Å². The molecule has 1 aliphatic heterocycles. The van der Waals surface area contributed by atoms with E-state index >= 15 is 0 Å². The van der Waals surface area contributed by atoms with Crippen molar-refractivity contribution in [1.82, 2.24) is 20.9 Å². The Morgan fingerprint density at radius 3 is 2.69 bits per heavy atom. The molecule has 1 amide bonds. The van der Waals surface area contributed by atoms with Crippen molar-refractivity contribution in [3.8, 4) is 0 Å². The first kappa shape index (κ1) is 23.5. The number of carbonyl (C=O) groups is 1. The van der Waals surface area contributed by atoms with Crippen molar-refractivity contribution in [3.05, 3.63) is 21.9 Å². The first-order valence-electron chi connectivity index (χ1n) is 10.2. The predicted octanol–water partition coefficient (Wildman–Crippen LogP) is 2.96. The smallest absolute Gasteiger partial charge is 0.408 e. The number of alkyl carbamates (subject to hydrolysis) is 1. The van der Waals surface area contributed by atoms with Crippen molar-refractivity contribution in [1.29, 1.82) is 0 Å². The molecule has 1 aromatic heterocycles. The summed E-state index contributed by atoms with van der Waals surface area (Å²) in [4.78, 5) is 20.4. The van der Waals surface area contributed by atoms with Crippen LogP contribution in [0.5, 0.6) is 0 Å². The largest absolute Gasteiger partial charge is 0.444 e. The van der Waals surface area contributed by atoms with Gasteiger partial charge in [0, 0.05) is 44.1 Å². The minimum atomic E-state index is -0.514. The molecule has 0 radical (unpaired) electrons. The number of nitrogens with one attached hydrogen (secondary N) is 3. The molecule has 0 aromatic carbocycles. The molecule has 0 bridgehead atoms. The summed E-state index contributed by atoms with van der Waals surface area (Å²) < 4.78 is 5.34. The average molecular weight is 424 g/mol. The van der Waals surface area contributed by atoms with Crippen LogP contribution in [0.4, 0.5) is 4.79 Å². The molecule has 0 saturated carbocycles. The molecule has 2 heterocycles. The van der Waals surface area contributed by atoms with Gasteiger partial charge in [0.15, 0.2) is 5.96 Å². The molecule has 8 heteroatoms. The van der Waals surface area contributed by atoms with E-state index in [0.717, 1.165) is 32.0 Å². The van der Waals surface area contributed by atoms with Gasteiger partial charge < -0.3 is 20.7 Å². The van der Waals surface area contributed by atoms with Crippen LogP contribution >= 0.6 is 11.3 Å². The number of carbonyl (C=O) groups excluding carboxylic acids is 1. The summed E-state index contributed by atoms with van der Waals surface area (Å²) in [6.07, 6.45) is 0.716. The lowest BCUT2D eigenvalue weighted by atomic mass is 10.1. The van der Waals surface area contributed by atoms with Crippen molar-refractivity contribution in [3.63, 3.8) is 0 Å². The number of fused-ring (bicyclic) bond motifs is 1. The molecular weight excluding hydrogens is 386 g/mol. The van der Waals surface area contributed by atoms with Gasteiger partial charge in [-0.2, -0.15) is 0 Å². The van der Waals surface area contributed by atoms with Crippen LogP contribution in [-0.2, 0) is 17.7 Å². The zero-order valence-electron chi connectivity index (χ0n) is 18.9. The Morgan fingerprint density at radius 2 is 2.03 bits per heavy atom. The monoisotopic (exact) mass is 423 g/mol. The fraction of sp³-hybridized carbons (Fsp3) is 0.714. The molecule has 29 heavy (non-hydrogen) atoms. The van der Waals surface area contributed by atoms with Gasteiger partial charge in [0.25, 0.3) is 0 Å². The van der Waals surface area contributed by atoms with E-state index < -0.39 is 17.2 Å². The lowest BCUT2D eigenvalue weighted by Gasteiger charge is -2.33. The summed E-state index contributed by atoms with van der Waals surface area (Å²) in [6.45, 7) is 15.1. The average Bonchev–Trinajstić information content (AvgIpc) is 3.07. The minimum Gasteiger partial charge on any atom is -0.444 e. The maximum atomic E-state index is 12.0. The summed E-state index contributed by atoms with van der Waals surface area (Å²) >= 11 is 1.87. The lowest BCUT2D eigenvalue weighted by molar-refractivity contribution is 0.0474. The van der Waals surface area contributed by atoms with Crippen molar-refractivity contribution in [2.24, 2.45) is 4.99 Å². The van der Waals surface area contributed by atoms with Crippen LogP contribution in [0.15, 0.2) is 16.4 Å². The van der Waals surface area contributed by atoms with Crippen LogP contribution in [0.1, 0.15) is 52.0 Å². The molecule has 1 atom stereocenters. The summed E-state index contributed by atoms with van der Waals surface area (Å²) in [7, 11) is 1.76. The van der Waals surface area contributed by atoms with Gasteiger partial charge in [0.05, 0.1) is 5.54 Å². The van der Waals surface area contributed by atoms with E-state index in [0.29, 0.717) is 12.6 Å². The summed E-state index contributed by atoms with van der Waals surface area (Å²) in [6, 6.07) is 2.64. The van der Waals surface area contributed by atoms with E-state index in [2.05, 4.69) is 44.2 Å². The highest BCUT2D eigenvalue weighted by Gasteiger charge is 2.25. The number of hydrogen-bond acceptors (Lipinski definition) is 5. The zero-order valence-corrected chi connectivity index (χ0v) is 19.7. The van der Waals surface area contributed by atoms with E-state index in [9.17, 15) is 4.79 Å². The van der Waals surface area contributed by atoms with E-state index in [1.165, 1.54) is 10.4 Å². The molecular formula is C21H37N5O2S. The number of ether oxygens (including phenoxy) is 1. The summed E-state index contributed by atoms with van der Waals surface area (Å²) in [5.41, 5.74) is 0.471. The third-order valence-electron chi connectivity index (χ3n) is 4.79. The number of aliphatic imine (C=N–C) groups is 1. The number of guanidine groups is 1. The Balaban J connectivity index is 1.76. The van der Waals surface area contributed by atoms with Gasteiger partial charge in [-0.1, -0.05) is 0 Å². The molecule has 7 nitrogen and oxygen atoms in total. The molecule has 0 saturated heterocycles. The molecule has 0 spiro atoms. The third kappa shape index (κ3) is 7.85. The van der Waals surface area contributed by atoms with Gasteiger partial charge in [-0.15, -0.1) is 11.3 Å². The Labute approximate surface area is 179 Å².